The standard InChI is InChI=1S/C19H22FN3O3S/c20-15-5-9-18(10-6-15)27(25,26)23-16-7-3-14(4-8-16)12-19(24)22-13-17-2-1-11-21-17/h3-10,17,21,23H,1-2,11-13H2,(H,22,24). The van der Waals surface area contributed by atoms with Gasteiger partial charge in [-0.1, -0.05) is 12.1 Å². The molecule has 1 fully saturated rings. The smallest absolute Gasteiger partial charge is 0.261 e. The molecule has 1 amide bonds. The van der Waals surface area contributed by atoms with Crippen LogP contribution in [0.15, 0.2) is 53.4 Å². The van der Waals surface area contributed by atoms with Crippen LogP contribution in [-0.2, 0) is 21.2 Å². The van der Waals surface area contributed by atoms with Crippen LogP contribution in [0.1, 0.15) is 18.4 Å². The van der Waals surface area contributed by atoms with Crippen molar-refractivity contribution >= 4 is 21.6 Å². The van der Waals surface area contributed by atoms with Crippen molar-refractivity contribution in [1.29, 1.82) is 0 Å². The lowest BCUT2D eigenvalue weighted by Crippen LogP contribution is -2.37. The van der Waals surface area contributed by atoms with Crippen LogP contribution in [0.4, 0.5) is 10.1 Å². The summed E-state index contributed by atoms with van der Waals surface area (Å²) in [5, 5.41) is 6.23. The Morgan fingerprint density at radius 2 is 1.81 bits per heavy atom. The molecule has 0 bridgehead atoms. The maximum absolute atomic E-state index is 12.9. The lowest BCUT2D eigenvalue weighted by Gasteiger charge is -2.12. The second-order valence-corrected chi connectivity index (χ2v) is 8.21. The van der Waals surface area contributed by atoms with Crippen molar-refractivity contribution in [2.24, 2.45) is 0 Å². The number of anilines is 1. The van der Waals surface area contributed by atoms with Crippen LogP contribution in [0, 0.1) is 5.82 Å². The number of amides is 1. The SMILES string of the molecule is O=C(Cc1ccc(NS(=O)(=O)c2ccc(F)cc2)cc1)NCC1CCCN1. The summed E-state index contributed by atoms with van der Waals surface area (Å²) in [4.78, 5) is 12.0. The van der Waals surface area contributed by atoms with Gasteiger partial charge in [-0.2, -0.15) is 0 Å². The van der Waals surface area contributed by atoms with E-state index in [1.54, 1.807) is 24.3 Å². The molecule has 27 heavy (non-hydrogen) atoms. The number of nitrogens with one attached hydrogen (secondary N) is 3. The molecule has 1 aliphatic heterocycles. The Bertz CT molecular complexity index is 877. The molecule has 0 aliphatic carbocycles. The second-order valence-electron chi connectivity index (χ2n) is 6.53. The molecule has 1 atom stereocenters. The highest BCUT2D eigenvalue weighted by Gasteiger charge is 2.16. The number of carbonyl (C=O) groups excluding carboxylic acids is 1. The molecule has 1 unspecified atom stereocenters. The van der Waals surface area contributed by atoms with Gasteiger partial charge in [0.05, 0.1) is 11.3 Å². The molecule has 1 saturated heterocycles. The van der Waals surface area contributed by atoms with Gasteiger partial charge in [-0.15, -0.1) is 0 Å². The van der Waals surface area contributed by atoms with Gasteiger partial charge in [0.15, 0.2) is 0 Å². The number of sulfonamides is 1. The highest BCUT2D eigenvalue weighted by Crippen LogP contribution is 2.17. The molecule has 0 radical (unpaired) electrons. The number of halogens is 1. The highest BCUT2D eigenvalue weighted by atomic mass is 32.2. The first-order valence-corrected chi connectivity index (χ1v) is 10.3. The summed E-state index contributed by atoms with van der Waals surface area (Å²) in [5.41, 5.74) is 1.16. The molecule has 3 N–H and O–H groups in total. The van der Waals surface area contributed by atoms with Crippen molar-refractivity contribution in [2.75, 3.05) is 17.8 Å². The molecule has 1 aliphatic rings. The van der Waals surface area contributed by atoms with Crippen molar-refractivity contribution in [3.63, 3.8) is 0 Å². The molecule has 144 valence electrons. The van der Waals surface area contributed by atoms with Crippen LogP contribution in [0.25, 0.3) is 0 Å². The van der Waals surface area contributed by atoms with Gasteiger partial charge in [0.1, 0.15) is 5.82 Å². The van der Waals surface area contributed by atoms with Gasteiger partial charge >= 0.3 is 0 Å². The first-order chi connectivity index (χ1) is 12.9. The van der Waals surface area contributed by atoms with Crippen LogP contribution in [-0.4, -0.2) is 33.5 Å². The van der Waals surface area contributed by atoms with Crippen molar-refractivity contribution in [3.8, 4) is 0 Å². The molecular weight excluding hydrogens is 369 g/mol. The van der Waals surface area contributed by atoms with Crippen LogP contribution < -0.4 is 15.4 Å². The van der Waals surface area contributed by atoms with Gasteiger partial charge in [0.2, 0.25) is 5.91 Å². The molecule has 2 aromatic rings. The Balaban J connectivity index is 1.54. The zero-order valence-corrected chi connectivity index (χ0v) is 15.6. The minimum absolute atomic E-state index is 0.0205. The monoisotopic (exact) mass is 391 g/mol. The molecule has 0 saturated carbocycles. The van der Waals surface area contributed by atoms with Gasteiger partial charge in [0.25, 0.3) is 10.0 Å². The van der Waals surface area contributed by atoms with Crippen molar-refractivity contribution in [2.45, 2.75) is 30.2 Å². The number of hydrogen-bond acceptors (Lipinski definition) is 4. The van der Waals surface area contributed by atoms with E-state index < -0.39 is 15.8 Å². The summed E-state index contributed by atoms with van der Waals surface area (Å²) >= 11 is 0. The fraction of sp³-hybridized carbons (Fsp3) is 0.316. The molecule has 6 nitrogen and oxygen atoms in total. The van der Waals surface area contributed by atoms with E-state index in [1.165, 1.54) is 12.1 Å². The number of benzene rings is 2. The topological polar surface area (TPSA) is 87.3 Å². The second kappa shape index (κ2) is 8.49. The van der Waals surface area contributed by atoms with Crippen molar-refractivity contribution in [1.82, 2.24) is 10.6 Å². The quantitative estimate of drug-likeness (QED) is 0.674. The Labute approximate surface area is 158 Å². The Morgan fingerprint density at radius 1 is 1.11 bits per heavy atom. The largest absolute Gasteiger partial charge is 0.354 e. The zero-order valence-electron chi connectivity index (χ0n) is 14.7. The predicted molar refractivity (Wildman–Crippen MR) is 101 cm³/mol. The van der Waals surface area contributed by atoms with Crippen LogP contribution in [0.5, 0.6) is 0 Å². The van der Waals surface area contributed by atoms with Gasteiger partial charge in [0, 0.05) is 18.3 Å². The van der Waals surface area contributed by atoms with Crippen LogP contribution in [0.3, 0.4) is 0 Å². The lowest BCUT2D eigenvalue weighted by molar-refractivity contribution is -0.120. The number of carbonyl (C=O) groups is 1. The van der Waals surface area contributed by atoms with E-state index in [2.05, 4.69) is 15.4 Å². The Hall–Kier alpha value is -2.45. The molecule has 0 aromatic heterocycles. The molecule has 3 rings (SSSR count). The third kappa shape index (κ3) is 5.51. The molecule has 8 heteroatoms. The molecule has 2 aromatic carbocycles. The predicted octanol–water partition coefficient (Wildman–Crippen LogP) is 2.04. The van der Waals surface area contributed by atoms with Crippen molar-refractivity contribution in [3.05, 3.63) is 59.9 Å². The lowest BCUT2D eigenvalue weighted by atomic mass is 10.1. The van der Waals surface area contributed by atoms with E-state index >= 15 is 0 Å². The zero-order chi connectivity index (χ0) is 19.3. The third-order valence-corrected chi connectivity index (χ3v) is 5.80. The average Bonchev–Trinajstić information content (AvgIpc) is 3.15. The minimum Gasteiger partial charge on any atom is -0.354 e. The molecule has 0 spiro atoms. The van der Waals surface area contributed by atoms with Crippen molar-refractivity contribution < 1.29 is 17.6 Å². The third-order valence-electron chi connectivity index (χ3n) is 4.40. The summed E-state index contributed by atoms with van der Waals surface area (Å²) < 4.78 is 39.9. The summed E-state index contributed by atoms with van der Waals surface area (Å²) in [6.45, 7) is 1.62. The number of rotatable bonds is 7. The summed E-state index contributed by atoms with van der Waals surface area (Å²) in [6, 6.07) is 11.5. The van der Waals surface area contributed by atoms with Gasteiger partial charge < -0.3 is 10.6 Å². The summed E-state index contributed by atoms with van der Waals surface area (Å²) in [5.74, 6) is -0.566. The van der Waals surface area contributed by atoms with Gasteiger partial charge in [-0.3, -0.25) is 9.52 Å². The fourth-order valence-corrected chi connectivity index (χ4v) is 3.99. The van der Waals surface area contributed by atoms with Gasteiger partial charge in [-0.05, 0) is 61.3 Å². The van der Waals surface area contributed by atoms with E-state index in [-0.39, 0.29) is 17.2 Å². The van der Waals surface area contributed by atoms with Gasteiger partial charge in [-0.25, -0.2) is 12.8 Å². The maximum Gasteiger partial charge on any atom is 0.261 e. The van der Waals surface area contributed by atoms with Crippen LogP contribution >= 0.6 is 0 Å². The first kappa shape index (κ1) is 19.3. The average molecular weight is 391 g/mol. The minimum atomic E-state index is -3.79. The van der Waals surface area contributed by atoms with E-state index in [4.69, 9.17) is 0 Å². The van der Waals surface area contributed by atoms with E-state index in [1.807, 2.05) is 0 Å². The number of hydrogen-bond donors (Lipinski definition) is 3. The molecule has 1 heterocycles. The van der Waals surface area contributed by atoms with E-state index in [0.717, 1.165) is 37.1 Å². The Morgan fingerprint density at radius 3 is 2.44 bits per heavy atom. The molecular formula is C19H22FN3O3S. The van der Waals surface area contributed by atoms with E-state index in [0.29, 0.717) is 18.3 Å². The first-order valence-electron chi connectivity index (χ1n) is 8.80. The normalized spacial score (nSPS) is 16.9. The summed E-state index contributed by atoms with van der Waals surface area (Å²) in [7, 11) is -3.79. The summed E-state index contributed by atoms with van der Waals surface area (Å²) in [6.07, 6.45) is 2.44. The van der Waals surface area contributed by atoms with E-state index in [9.17, 15) is 17.6 Å². The Kier molecular flexibility index (Phi) is 6.08. The van der Waals surface area contributed by atoms with Crippen LogP contribution in [0.2, 0.25) is 0 Å². The fourth-order valence-electron chi connectivity index (χ4n) is 2.93. The maximum atomic E-state index is 12.9. The highest BCUT2D eigenvalue weighted by molar-refractivity contribution is 7.92.